The van der Waals surface area contributed by atoms with Gasteiger partial charge in [0.2, 0.25) is 5.95 Å². The lowest BCUT2D eigenvalue weighted by Gasteiger charge is -2.13. The predicted molar refractivity (Wildman–Crippen MR) is 84.6 cm³/mol. The van der Waals surface area contributed by atoms with Gasteiger partial charge in [-0.2, -0.15) is 0 Å². The zero-order chi connectivity index (χ0) is 15.1. The molecule has 3 rings (SSSR count). The van der Waals surface area contributed by atoms with Gasteiger partial charge in [0, 0.05) is 17.3 Å². The minimum atomic E-state index is 0.305. The normalized spacial score (nSPS) is 11.0. The lowest BCUT2D eigenvalue weighted by Crippen LogP contribution is -2.04. The largest absolute Gasteiger partial charge is 0.495 e. The average molecular weight is 323 g/mol. The number of halogens is 2. The number of hydrogen-bond donors (Lipinski definition) is 1. The van der Waals surface area contributed by atoms with Crippen LogP contribution >= 0.6 is 23.2 Å². The van der Waals surface area contributed by atoms with E-state index in [1.165, 1.54) is 0 Å². The molecule has 1 aromatic carbocycles. The SMILES string of the molecule is COc1cc(Cl)c(C)cc1-n1c(N)nc2cc(Cl)cnc21. The van der Waals surface area contributed by atoms with Crippen molar-refractivity contribution in [3.8, 4) is 11.4 Å². The predicted octanol–water partition coefficient (Wildman–Crippen LogP) is 3.63. The highest BCUT2D eigenvalue weighted by Gasteiger charge is 2.16. The van der Waals surface area contributed by atoms with Gasteiger partial charge < -0.3 is 10.5 Å². The summed E-state index contributed by atoms with van der Waals surface area (Å²) in [6, 6.07) is 5.34. The quantitative estimate of drug-likeness (QED) is 0.782. The van der Waals surface area contributed by atoms with Crippen LogP contribution in [-0.2, 0) is 0 Å². The number of hydrogen-bond acceptors (Lipinski definition) is 4. The van der Waals surface area contributed by atoms with Crippen LogP contribution in [0.1, 0.15) is 5.56 Å². The number of anilines is 1. The first kappa shape index (κ1) is 14.0. The Labute approximate surface area is 131 Å². The number of methoxy groups -OCH3 is 1. The Morgan fingerprint density at radius 2 is 2.00 bits per heavy atom. The highest BCUT2D eigenvalue weighted by atomic mass is 35.5. The Hall–Kier alpha value is -1.98. The standard InChI is InChI=1S/C14H12Cl2N4O/c1-7-3-11(12(21-2)5-9(7)16)20-13-10(19-14(20)17)4-8(15)6-18-13/h3-6H,1-2H3,(H2,17,19). The van der Waals surface area contributed by atoms with Gasteiger partial charge in [0.05, 0.1) is 17.8 Å². The molecule has 0 atom stereocenters. The van der Waals surface area contributed by atoms with Crippen molar-refractivity contribution in [2.45, 2.75) is 6.92 Å². The van der Waals surface area contributed by atoms with Crippen LogP contribution in [0.4, 0.5) is 5.95 Å². The highest BCUT2D eigenvalue weighted by molar-refractivity contribution is 6.31. The molecule has 0 amide bonds. The van der Waals surface area contributed by atoms with E-state index in [0.717, 1.165) is 11.3 Å². The van der Waals surface area contributed by atoms with Gasteiger partial charge >= 0.3 is 0 Å². The van der Waals surface area contributed by atoms with Crippen LogP contribution in [0.25, 0.3) is 16.9 Å². The lowest BCUT2D eigenvalue weighted by atomic mass is 10.2. The van der Waals surface area contributed by atoms with Gasteiger partial charge in [0.15, 0.2) is 5.65 Å². The molecule has 0 radical (unpaired) electrons. The summed E-state index contributed by atoms with van der Waals surface area (Å²) in [7, 11) is 1.57. The molecule has 3 aromatic rings. The second-order valence-corrected chi connectivity index (χ2v) is 5.42. The third-order valence-electron chi connectivity index (χ3n) is 3.19. The van der Waals surface area contributed by atoms with Crippen LogP contribution in [0, 0.1) is 6.92 Å². The summed E-state index contributed by atoms with van der Waals surface area (Å²) in [5.74, 6) is 0.896. The van der Waals surface area contributed by atoms with E-state index in [2.05, 4.69) is 9.97 Å². The van der Waals surface area contributed by atoms with Crippen molar-refractivity contribution in [3.05, 3.63) is 40.0 Å². The van der Waals surface area contributed by atoms with Crippen molar-refractivity contribution in [1.82, 2.24) is 14.5 Å². The second kappa shape index (κ2) is 5.09. The van der Waals surface area contributed by atoms with E-state index in [1.807, 2.05) is 13.0 Å². The molecular weight excluding hydrogens is 311 g/mol. The van der Waals surface area contributed by atoms with Crippen LogP contribution in [-0.4, -0.2) is 21.6 Å². The summed E-state index contributed by atoms with van der Waals surface area (Å²) < 4.78 is 7.11. The number of nitrogen functional groups attached to an aromatic ring is 1. The number of benzene rings is 1. The molecule has 7 heteroatoms. The Morgan fingerprint density at radius 1 is 1.24 bits per heavy atom. The van der Waals surface area contributed by atoms with Crippen molar-refractivity contribution < 1.29 is 4.74 Å². The van der Waals surface area contributed by atoms with E-state index in [-0.39, 0.29) is 0 Å². The smallest absolute Gasteiger partial charge is 0.207 e. The van der Waals surface area contributed by atoms with Crippen molar-refractivity contribution >= 4 is 40.3 Å². The third-order valence-corrected chi connectivity index (χ3v) is 3.80. The summed E-state index contributed by atoms with van der Waals surface area (Å²) in [6.45, 7) is 1.91. The van der Waals surface area contributed by atoms with E-state index in [9.17, 15) is 0 Å². The fourth-order valence-corrected chi connectivity index (χ4v) is 2.49. The van der Waals surface area contributed by atoms with E-state index in [4.69, 9.17) is 33.7 Å². The minimum Gasteiger partial charge on any atom is -0.495 e. The zero-order valence-electron chi connectivity index (χ0n) is 11.4. The summed E-state index contributed by atoms with van der Waals surface area (Å²) in [4.78, 5) is 8.59. The topological polar surface area (TPSA) is 66.0 Å². The summed E-state index contributed by atoms with van der Waals surface area (Å²) in [6.07, 6.45) is 1.55. The monoisotopic (exact) mass is 322 g/mol. The third kappa shape index (κ3) is 2.28. The summed E-state index contributed by atoms with van der Waals surface area (Å²) in [5, 5.41) is 1.13. The Balaban J connectivity index is 2.35. The number of nitrogens with two attached hydrogens (primary N) is 1. The first-order valence-corrected chi connectivity index (χ1v) is 6.91. The summed E-state index contributed by atoms with van der Waals surface area (Å²) >= 11 is 12.1. The van der Waals surface area contributed by atoms with Gasteiger partial charge in [-0.3, -0.25) is 4.57 Å². The number of rotatable bonds is 2. The van der Waals surface area contributed by atoms with E-state index >= 15 is 0 Å². The van der Waals surface area contributed by atoms with Crippen molar-refractivity contribution in [2.75, 3.05) is 12.8 Å². The Morgan fingerprint density at radius 3 is 2.71 bits per heavy atom. The molecule has 0 aliphatic carbocycles. The van der Waals surface area contributed by atoms with Crippen molar-refractivity contribution in [3.63, 3.8) is 0 Å². The first-order chi connectivity index (χ1) is 10.0. The van der Waals surface area contributed by atoms with Gasteiger partial charge in [-0.05, 0) is 24.6 Å². The first-order valence-electron chi connectivity index (χ1n) is 6.15. The van der Waals surface area contributed by atoms with E-state index in [0.29, 0.717) is 32.9 Å². The molecule has 2 heterocycles. The average Bonchev–Trinajstić information content (AvgIpc) is 2.76. The minimum absolute atomic E-state index is 0.305. The molecule has 21 heavy (non-hydrogen) atoms. The maximum absolute atomic E-state index is 6.14. The fourth-order valence-electron chi connectivity index (χ4n) is 2.18. The van der Waals surface area contributed by atoms with Crippen LogP contribution in [0.5, 0.6) is 5.75 Å². The Kier molecular flexibility index (Phi) is 3.39. The van der Waals surface area contributed by atoms with Crippen LogP contribution in [0.2, 0.25) is 10.0 Å². The molecule has 0 aliphatic rings. The number of ether oxygens (including phenoxy) is 1. The van der Waals surface area contributed by atoms with Gasteiger partial charge in [0.1, 0.15) is 11.3 Å². The van der Waals surface area contributed by atoms with Crippen LogP contribution in [0.3, 0.4) is 0 Å². The number of pyridine rings is 1. The van der Waals surface area contributed by atoms with Gasteiger partial charge in [-0.1, -0.05) is 23.2 Å². The molecule has 0 spiro atoms. The Bertz CT molecular complexity index is 845. The van der Waals surface area contributed by atoms with Crippen molar-refractivity contribution in [1.29, 1.82) is 0 Å². The molecule has 2 aromatic heterocycles. The lowest BCUT2D eigenvalue weighted by molar-refractivity contribution is 0.413. The number of nitrogens with zero attached hydrogens (tertiary/aromatic N) is 3. The van der Waals surface area contributed by atoms with Gasteiger partial charge in [0.25, 0.3) is 0 Å². The zero-order valence-corrected chi connectivity index (χ0v) is 12.9. The molecule has 0 aliphatic heterocycles. The van der Waals surface area contributed by atoms with E-state index < -0.39 is 0 Å². The molecule has 0 saturated heterocycles. The molecule has 0 saturated carbocycles. The van der Waals surface area contributed by atoms with Crippen molar-refractivity contribution in [2.24, 2.45) is 0 Å². The molecule has 5 nitrogen and oxygen atoms in total. The van der Waals surface area contributed by atoms with Gasteiger partial charge in [-0.15, -0.1) is 0 Å². The highest BCUT2D eigenvalue weighted by Crippen LogP contribution is 2.33. The number of aryl methyl sites for hydroxylation is 1. The number of fused-ring (bicyclic) bond motifs is 1. The molecule has 0 fully saturated rings. The van der Waals surface area contributed by atoms with E-state index in [1.54, 1.807) is 30.0 Å². The summed E-state index contributed by atoms with van der Waals surface area (Å²) in [5.41, 5.74) is 8.89. The molecule has 2 N–H and O–H groups in total. The second-order valence-electron chi connectivity index (χ2n) is 4.57. The number of aromatic nitrogens is 3. The molecule has 0 unspecified atom stereocenters. The molecule has 0 bridgehead atoms. The fraction of sp³-hybridized carbons (Fsp3) is 0.143. The number of imidazole rings is 1. The van der Waals surface area contributed by atoms with Gasteiger partial charge in [-0.25, -0.2) is 9.97 Å². The van der Waals surface area contributed by atoms with Crippen LogP contribution in [0.15, 0.2) is 24.4 Å². The maximum atomic E-state index is 6.14. The molecule has 108 valence electrons. The molecular formula is C14H12Cl2N4O. The maximum Gasteiger partial charge on any atom is 0.207 e. The van der Waals surface area contributed by atoms with Crippen LogP contribution < -0.4 is 10.5 Å².